The van der Waals surface area contributed by atoms with Crippen molar-refractivity contribution in [2.75, 3.05) is 11.3 Å². The Bertz CT molecular complexity index is 739. The molecule has 0 radical (unpaired) electrons. The molecule has 0 bridgehead atoms. The fourth-order valence-corrected chi connectivity index (χ4v) is 3.21. The SMILES string of the molecule is CCOc1ccc(S(=O)(=O)Nc2ccccc2C)cc1C. The molecule has 4 nitrogen and oxygen atoms in total. The van der Waals surface area contributed by atoms with Crippen molar-refractivity contribution in [3.05, 3.63) is 53.6 Å². The van der Waals surface area contributed by atoms with Gasteiger partial charge in [-0.05, 0) is 56.2 Å². The normalized spacial score (nSPS) is 11.2. The van der Waals surface area contributed by atoms with Gasteiger partial charge in [0.05, 0.1) is 17.2 Å². The molecule has 0 fully saturated rings. The van der Waals surface area contributed by atoms with Crippen molar-refractivity contribution in [3.8, 4) is 5.75 Å². The van der Waals surface area contributed by atoms with E-state index < -0.39 is 10.0 Å². The second-order valence-corrected chi connectivity index (χ2v) is 6.46. The molecule has 0 heterocycles. The summed E-state index contributed by atoms with van der Waals surface area (Å²) in [5.41, 5.74) is 2.26. The van der Waals surface area contributed by atoms with Crippen LogP contribution in [-0.4, -0.2) is 15.0 Å². The number of hydrogen-bond donors (Lipinski definition) is 1. The van der Waals surface area contributed by atoms with E-state index in [0.717, 1.165) is 11.1 Å². The van der Waals surface area contributed by atoms with Gasteiger partial charge >= 0.3 is 0 Å². The Morgan fingerprint density at radius 2 is 1.76 bits per heavy atom. The summed E-state index contributed by atoms with van der Waals surface area (Å²) in [4.78, 5) is 0.228. The van der Waals surface area contributed by atoms with E-state index in [1.165, 1.54) is 0 Å². The molecule has 0 amide bonds. The lowest BCUT2D eigenvalue weighted by Crippen LogP contribution is -2.14. The molecule has 0 aliphatic carbocycles. The van der Waals surface area contributed by atoms with Crippen LogP contribution < -0.4 is 9.46 Å². The van der Waals surface area contributed by atoms with Gasteiger partial charge in [-0.2, -0.15) is 0 Å². The van der Waals surface area contributed by atoms with Crippen LogP contribution in [0.1, 0.15) is 18.1 Å². The molecule has 1 N–H and O–H groups in total. The third-order valence-electron chi connectivity index (χ3n) is 3.15. The summed E-state index contributed by atoms with van der Waals surface area (Å²) in [5, 5.41) is 0. The molecule has 0 saturated heterocycles. The summed E-state index contributed by atoms with van der Waals surface area (Å²) in [5.74, 6) is 0.701. The molecule has 0 unspecified atom stereocenters. The van der Waals surface area contributed by atoms with Crippen molar-refractivity contribution >= 4 is 15.7 Å². The van der Waals surface area contributed by atoms with Gasteiger partial charge in [-0.3, -0.25) is 4.72 Å². The first-order valence-corrected chi connectivity index (χ1v) is 8.24. The van der Waals surface area contributed by atoms with E-state index in [0.29, 0.717) is 18.0 Å². The van der Waals surface area contributed by atoms with Gasteiger partial charge in [0.2, 0.25) is 0 Å². The largest absolute Gasteiger partial charge is 0.494 e. The molecular formula is C16H19NO3S. The highest BCUT2D eigenvalue weighted by atomic mass is 32.2. The smallest absolute Gasteiger partial charge is 0.261 e. The average Bonchev–Trinajstić information content (AvgIpc) is 2.43. The minimum Gasteiger partial charge on any atom is -0.494 e. The van der Waals surface area contributed by atoms with Gasteiger partial charge in [0.25, 0.3) is 10.0 Å². The minimum absolute atomic E-state index is 0.228. The Morgan fingerprint density at radius 3 is 2.38 bits per heavy atom. The van der Waals surface area contributed by atoms with E-state index in [1.807, 2.05) is 32.9 Å². The molecule has 2 aromatic carbocycles. The number of aryl methyl sites for hydroxylation is 2. The summed E-state index contributed by atoms with van der Waals surface area (Å²) in [6, 6.07) is 12.1. The van der Waals surface area contributed by atoms with Crippen LogP contribution in [-0.2, 0) is 10.0 Å². The fourth-order valence-electron chi connectivity index (χ4n) is 2.00. The van der Waals surface area contributed by atoms with Crippen molar-refractivity contribution in [1.29, 1.82) is 0 Å². The van der Waals surface area contributed by atoms with Crippen LogP contribution in [0.15, 0.2) is 47.4 Å². The van der Waals surface area contributed by atoms with Crippen molar-refractivity contribution in [1.82, 2.24) is 0 Å². The number of nitrogens with one attached hydrogen (secondary N) is 1. The topological polar surface area (TPSA) is 55.4 Å². The highest BCUT2D eigenvalue weighted by molar-refractivity contribution is 7.92. The molecular weight excluding hydrogens is 286 g/mol. The molecule has 21 heavy (non-hydrogen) atoms. The van der Waals surface area contributed by atoms with E-state index in [4.69, 9.17) is 4.74 Å². The minimum atomic E-state index is -3.60. The predicted molar refractivity (Wildman–Crippen MR) is 84.3 cm³/mol. The third-order valence-corrected chi connectivity index (χ3v) is 4.51. The number of hydrogen-bond acceptors (Lipinski definition) is 3. The van der Waals surface area contributed by atoms with E-state index in [9.17, 15) is 8.42 Å². The van der Waals surface area contributed by atoms with Gasteiger partial charge in [0.15, 0.2) is 0 Å². The van der Waals surface area contributed by atoms with Crippen LogP contribution in [0.3, 0.4) is 0 Å². The maximum Gasteiger partial charge on any atom is 0.261 e. The van der Waals surface area contributed by atoms with Crippen LogP contribution in [0, 0.1) is 13.8 Å². The Hall–Kier alpha value is -2.01. The fraction of sp³-hybridized carbons (Fsp3) is 0.250. The zero-order chi connectivity index (χ0) is 15.5. The van der Waals surface area contributed by atoms with Crippen molar-refractivity contribution in [2.24, 2.45) is 0 Å². The Morgan fingerprint density at radius 1 is 1.05 bits per heavy atom. The first-order chi connectivity index (χ1) is 9.94. The standard InChI is InChI=1S/C16H19NO3S/c1-4-20-16-10-9-14(11-13(16)3)21(18,19)17-15-8-6-5-7-12(15)2/h5-11,17H,4H2,1-3H3. The van der Waals surface area contributed by atoms with Gasteiger partial charge in [0.1, 0.15) is 5.75 Å². The van der Waals surface area contributed by atoms with Crippen molar-refractivity contribution in [2.45, 2.75) is 25.7 Å². The second kappa shape index (κ2) is 6.18. The van der Waals surface area contributed by atoms with Crippen LogP contribution in [0.2, 0.25) is 0 Å². The number of anilines is 1. The quantitative estimate of drug-likeness (QED) is 0.919. The first-order valence-electron chi connectivity index (χ1n) is 6.76. The maximum absolute atomic E-state index is 12.4. The van der Waals surface area contributed by atoms with Crippen LogP contribution in [0.4, 0.5) is 5.69 Å². The highest BCUT2D eigenvalue weighted by Gasteiger charge is 2.16. The zero-order valence-corrected chi connectivity index (χ0v) is 13.2. The zero-order valence-electron chi connectivity index (χ0n) is 12.4. The van der Waals surface area contributed by atoms with Crippen LogP contribution in [0.25, 0.3) is 0 Å². The van der Waals surface area contributed by atoms with Gasteiger partial charge in [-0.15, -0.1) is 0 Å². The van der Waals surface area contributed by atoms with Crippen LogP contribution >= 0.6 is 0 Å². The van der Waals surface area contributed by atoms with E-state index in [2.05, 4.69) is 4.72 Å². The Kier molecular flexibility index (Phi) is 4.53. The van der Waals surface area contributed by atoms with E-state index >= 15 is 0 Å². The molecule has 0 aliphatic heterocycles. The molecule has 2 aromatic rings. The molecule has 112 valence electrons. The second-order valence-electron chi connectivity index (χ2n) is 4.78. The number of benzene rings is 2. The molecule has 0 atom stereocenters. The summed E-state index contributed by atoms with van der Waals surface area (Å²) in [7, 11) is -3.60. The van der Waals surface area contributed by atoms with Crippen molar-refractivity contribution in [3.63, 3.8) is 0 Å². The molecule has 2 rings (SSSR count). The summed E-state index contributed by atoms with van der Waals surface area (Å²) in [6.07, 6.45) is 0. The number of sulfonamides is 1. The first kappa shape index (κ1) is 15.4. The molecule has 0 spiro atoms. The Balaban J connectivity index is 2.32. The number of rotatable bonds is 5. The van der Waals surface area contributed by atoms with Crippen LogP contribution in [0.5, 0.6) is 5.75 Å². The van der Waals surface area contributed by atoms with Crippen molar-refractivity contribution < 1.29 is 13.2 Å². The van der Waals surface area contributed by atoms with Gasteiger partial charge in [0, 0.05) is 0 Å². The van der Waals surface area contributed by atoms with E-state index in [1.54, 1.807) is 30.3 Å². The van der Waals surface area contributed by atoms with E-state index in [-0.39, 0.29) is 4.90 Å². The Labute approximate surface area is 125 Å². The maximum atomic E-state index is 12.4. The molecule has 0 aromatic heterocycles. The van der Waals surface area contributed by atoms with Gasteiger partial charge < -0.3 is 4.74 Å². The summed E-state index contributed by atoms with van der Waals surface area (Å²) >= 11 is 0. The summed E-state index contributed by atoms with van der Waals surface area (Å²) in [6.45, 7) is 6.14. The number of ether oxygens (including phenoxy) is 1. The highest BCUT2D eigenvalue weighted by Crippen LogP contribution is 2.24. The monoisotopic (exact) mass is 305 g/mol. The number of para-hydroxylation sites is 1. The molecule has 5 heteroatoms. The average molecular weight is 305 g/mol. The predicted octanol–water partition coefficient (Wildman–Crippen LogP) is 3.50. The van der Waals surface area contributed by atoms with Gasteiger partial charge in [-0.25, -0.2) is 8.42 Å². The lowest BCUT2D eigenvalue weighted by atomic mass is 10.2. The third kappa shape index (κ3) is 3.55. The lowest BCUT2D eigenvalue weighted by molar-refractivity contribution is 0.337. The lowest BCUT2D eigenvalue weighted by Gasteiger charge is -2.12. The van der Waals surface area contributed by atoms with Gasteiger partial charge in [-0.1, -0.05) is 18.2 Å². The summed E-state index contributed by atoms with van der Waals surface area (Å²) < 4.78 is 32.9. The molecule has 0 saturated carbocycles. The molecule has 0 aliphatic rings.